The van der Waals surface area contributed by atoms with Gasteiger partial charge >= 0.3 is 0 Å². The van der Waals surface area contributed by atoms with E-state index in [2.05, 4.69) is 10.6 Å². The fraction of sp³-hybridized carbons (Fsp3) is 0.467. The lowest BCUT2D eigenvalue weighted by molar-refractivity contribution is -0.120. The first-order valence-electron chi connectivity index (χ1n) is 7.39. The summed E-state index contributed by atoms with van der Waals surface area (Å²) >= 11 is 0. The van der Waals surface area contributed by atoms with Gasteiger partial charge in [-0.3, -0.25) is 9.59 Å². The third-order valence-electron chi connectivity index (χ3n) is 3.87. The van der Waals surface area contributed by atoms with Gasteiger partial charge in [0.25, 0.3) is 5.91 Å². The summed E-state index contributed by atoms with van der Waals surface area (Å²) < 4.78 is 24.5. The minimum absolute atomic E-state index is 0.195. The zero-order chi connectivity index (χ0) is 17.0. The monoisotopic (exact) mass is 339 g/mol. The van der Waals surface area contributed by atoms with E-state index in [9.17, 15) is 18.0 Å². The van der Waals surface area contributed by atoms with Crippen LogP contribution in [0.15, 0.2) is 24.3 Å². The molecule has 1 aliphatic rings. The van der Waals surface area contributed by atoms with Gasteiger partial charge < -0.3 is 10.6 Å². The first-order chi connectivity index (χ1) is 10.8. The van der Waals surface area contributed by atoms with Crippen molar-refractivity contribution in [1.82, 2.24) is 9.62 Å². The molecule has 0 unspecified atom stereocenters. The molecular weight excluding hydrogens is 318 g/mol. The van der Waals surface area contributed by atoms with Crippen molar-refractivity contribution < 1.29 is 18.0 Å². The molecule has 1 aromatic carbocycles. The lowest BCUT2D eigenvalue weighted by Crippen LogP contribution is -2.43. The molecule has 0 spiro atoms. The highest BCUT2D eigenvalue weighted by Gasteiger charge is 2.30. The van der Waals surface area contributed by atoms with Crippen molar-refractivity contribution in [2.24, 2.45) is 5.92 Å². The Balaban J connectivity index is 2.00. The number of hydrogen-bond donors (Lipinski definition) is 2. The molecule has 7 nitrogen and oxygen atoms in total. The topological polar surface area (TPSA) is 95.6 Å². The zero-order valence-corrected chi connectivity index (χ0v) is 14.0. The fourth-order valence-corrected chi connectivity index (χ4v) is 3.46. The van der Waals surface area contributed by atoms with Gasteiger partial charge in [-0.15, -0.1) is 0 Å². The molecule has 0 aromatic heterocycles. The Kier molecular flexibility index (Phi) is 5.38. The molecule has 1 atom stereocenters. The van der Waals surface area contributed by atoms with Crippen molar-refractivity contribution in [3.8, 4) is 0 Å². The van der Waals surface area contributed by atoms with E-state index in [1.165, 1.54) is 4.31 Å². The van der Waals surface area contributed by atoms with Crippen molar-refractivity contribution in [3.05, 3.63) is 29.8 Å². The van der Waals surface area contributed by atoms with Crippen LogP contribution >= 0.6 is 0 Å². The predicted octanol–water partition coefficient (Wildman–Crippen LogP) is 0.656. The third kappa shape index (κ3) is 4.52. The van der Waals surface area contributed by atoms with E-state index in [1.54, 1.807) is 31.3 Å². The van der Waals surface area contributed by atoms with E-state index in [4.69, 9.17) is 0 Å². The summed E-state index contributed by atoms with van der Waals surface area (Å²) in [5.74, 6) is -0.762. The summed E-state index contributed by atoms with van der Waals surface area (Å²) in [6.45, 7) is 0.671. The van der Waals surface area contributed by atoms with Crippen LogP contribution in [0, 0.1) is 5.92 Å². The van der Waals surface area contributed by atoms with Crippen molar-refractivity contribution >= 4 is 27.5 Å². The van der Waals surface area contributed by atoms with Crippen molar-refractivity contribution in [2.75, 3.05) is 31.7 Å². The van der Waals surface area contributed by atoms with Gasteiger partial charge in [0.2, 0.25) is 15.9 Å². The van der Waals surface area contributed by atoms with Gasteiger partial charge in [0.1, 0.15) is 0 Å². The normalized spacial score (nSPS) is 19.1. The average Bonchev–Trinajstić information content (AvgIpc) is 2.54. The van der Waals surface area contributed by atoms with Gasteiger partial charge in [-0.1, -0.05) is 0 Å². The van der Waals surface area contributed by atoms with Gasteiger partial charge in [0.05, 0.1) is 12.2 Å². The summed E-state index contributed by atoms with van der Waals surface area (Å²) in [6, 6.07) is 6.55. The Hall–Kier alpha value is -1.93. The highest BCUT2D eigenvalue weighted by atomic mass is 32.2. The zero-order valence-electron chi connectivity index (χ0n) is 13.2. The summed E-state index contributed by atoms with van der Waals surface area (Å²) in [5, 5.41) is 5.30. The number of nitrogens with zero attached hydrogens (tertiary/aromatic N) is 1. The van der Waals surface area contributed by atoms with Crippen LogP contribution < -0.4 is 10.6 Å². The molecule has 1 aliphatic heterocycles. The number of sulfonamides is 1. The number of benzene rings is 1. The van der Waals surface area contributed by atoms with Crippen LogP contribution in [0.3, 0.4) is 0 Å². The maximum Gasteiger partial charge on any atom is 0.251 e. The van der Waals surface area contributed by atoms with E-state index in [1.807, 2.05) is 0 Å². The Morgan fingerprint density at radius 2 is 1.87 bits per heavy atom. The number of anilines is 1. The van der Waals surface area contributed by atoms with Crippen LogP contribution in [-0.2, 0) is 14.8 Å². The van der Waals surface area contributed by atoms with Gasteiger partial charge in [-0.05, 0) is 37.1 Å². The molecule has 126 valence electrons. The molecule has 2 amide bonds. The van der Waals surface area contributed by atoms with Crippen LogP contribution in [0.1, 0.15) is 23.2 Å². The second-order valence-electron chi connectivity index (χ2n) is 5.61. The maximum atomic E-state index is 12.3. The van der Waals surface area contributed by atoms with Crippen molar-refractivity contribution in [2.45, 2.75) is 12.8 Å². The Morgan fingerprint density at radius 1 is 1.22 bits per heavy atom. The molecule has 0 radical (unpaired) electrons. The Bertz CT molecular complexity index is 685. The van der Waals surface area contributed by atoms with E-state index in [0.29, 0.717) is 30.6 Å². The van der Waals surface area contributed by atoms with Crippen LogP contribution in [0.25, 0.3) is 0 Å². The number of carbonyl (C=O) groups is 2. The lowest BCUT2D eigenvalue weighted by Gasteiger charge is -2.30. The minimum atomic E-state index is -3.27. The molecule has 2 N–H and O–H groups in total. The highest BCUT2D eigenvalue weighted by Crippen LogP contribution is 2.20. The van der Waals surface area contributed by atoms with E-state index in [-0.39, 0.29) is 24.3 Å². The van der Waals surface area contributed by atoms with Crippen molar-refractivity contribution in [3.63, 3.8) is 0 Å². The van der Waals surface area contributed by atoms with E-state index < -0.39 is 10.0 Å². The van der Waals surface area contributed by atoms with E-state index >= 15 is 0 Å². The average molecular weight is 339 g/mol. The predicted molar refractivity (Wildman–Crippen MR) is 87.6 cm³/mol. The van der Waals surface area contributed by atoms with Crippen molar-refractivity contribution in [1.29, 1.82) is 0 Å². The molecule has 1 aromatic rings. The molecule has 0 aliphatic carbocycles. The number of carbonyl (C=O) groups excluding carboxylic acids is 2. The van der Waals surface area contributed by atoms with Crippen LogP contribution in [0.2, 0.25) is 0 Å². The molecule has 23 heavy (non-hydrogen) atoms. The summed E-state index contributed by atoms with van der Waals surface area (Å²) in [6.07, 6.45) is 2.49. The third-order valence-corrected chi connectivity index (χ3v) is 5.14. The lowest BCUT2D eigenvalue weighted by atomic mass is 9.98. The van der Waals surface area contributed by atoms with Gasteiger partial charge in [0, 0.05) is 31.4 Å². The number of amides is 2. The molecule has 1 saturated heterocycles. The van der Waals surface area contributed by atoms with Crippen LogP contribution in [-0.4, -0.2) is 50.9 Å². The SMILES string of the molecule is CNC(=O)c1ccc(NC(=O)[C@H]2CCCN(S(C)(=O)=O)C2)cc1. The molecule has 1 heterocycles. The number of piperidine rings is 1. The van der Waals surface area contributed by atoms with Gasteiger partial charge in [-0.2, -0.15) is 0 Å². The highest BCUT2D eigenvalue weighted by molar-refractivity contribution is 7.88. The molecular formula is C15H21N3O4S. The summed E-state index contributed by atoms with van der Waals surface area (Å²) in [5.41, 5.74) is 1.09. The fourth-order valence-electron chi connectivity index (χ4n) is 2.55. The van der Waals surface area contributed by atoms with Crippen LogP contribution in [0.5, 0.6) is 0 Å². The number of rotatable bonds is 4. The first kappa shape index (κ1) is 17.4. The summed E-state index contributed by atoms with van der Waals surface area (Å²) in [4.78, 5) is 23.8. The quantitative estimate of drug-likeness (QED) is 0.842. The van der Waals surface area contributed by atoms with Crippen LogP contribution in [0.4, 0.5) is 5.69 Å². The number of nitrogens with one attached hydrogen (secondary N) is 2. The second-order valence-corrected chi connectivity index (χ2v) is 7.59. The maximum absolute atomic E-state index is 12.3. The smallest absolute Gasteiger partial charge is 0.251 e. The number of hydrogen-bond acceptors (Lipinski definition) is 4. The second kappa shape index (κ2) is 7.10. The molecule has 0 bridgehead atoms. The van der Waals surface area contributed by atoms with Gasteiger partial charge in [0.15, 0.2) is 0 Å². The minimum Gasteiger partial charge on any atom is -0.355 e. The largest absolute Gasteiger partial charge is 0.355 e. The molecule has 0 saturated carbocycles. The molecule has 2 rings (SSSR count). The summed E-state index contributed by atoms with van der Waals surface area (Å²) in [7, 11) is -1.72. The Labute approximate surface area is 136 Å². The molecule has 1 fully saturated rings. The molecule has 8 heteroatoms. The van der Waals surface area contributed by atoms with Gasteiger partial charge in [-0.25, -0.2) is 12.7 Å². The Morgan fingerprint density at radius 3 is 2.43 bits per heavy atom. The first-order valence-corrected chi connectivity index (χ1v) is 9.24. The van der Waals surface area contributed by atoms with E-state index in [0.717, 1.165) is 6.26 Å². The standard InChI is InChI=1S/C15H21N3O4S/c1-16-14(19)11-5-7-13(8-6-11)17-15(20)12-4-3-9-18(10-12)23(2,21)22/h5-8,12H,3-4,9-10H2,1-2H3,(H,16,19)(H,17,20)/t12-/m0/s1.